The number of hydrogen-bond acceptors (Lipinski definition) is 7. The largest absolute Gasteiger partial charge is 0.507 e. The van der Waals surface area contributed by atoms with Gasteiger partial charge < -0.3 is 15.6 Å². The standard InChI is InChI=1S/C10H9NO4S.C8H10O4S/c11-7-1-2-9-6(3-7)4-8(5-10(9)12)16(13,14)15;1-6-3-4-8(13(9,10)11)7(5-6)12-2/h1-5,12H,11H2,(H,13,14,15);3-5H,1-2H3,(H,9,10,11). The van der Waals surface area contributed by atoms with Gasteiger partial charge in [0.15, 0.2) is 0 Å². The van der Waals surface area contributed by atoms with Gasteiger partial charge in [-0.05, 0) is 54.3 Å². The molecule has 0 unspecified atom stereocenters. The van der Waals surface area contributed by atoms with Crippen molar-refractivity contribution in [3.05, 3.63) is 54.1 Å². The Bertz CT molecular complexity index is 1270. The molecule has 0 saturated carbocycles. The Kier molecular flexibility index (Phi) is 6.38. The van der Waals surface area contributed by atoms with Gasteiger partial charge in [0.05, 0.1) is 12.0 Å². The van der Waals surface area contributed by atoms with E-state index in [0.29, 0.717) is 16.5 Å². The first kappa shape index (κ1) is 22.4. The third-order valence-corrected chi connectivity index (χ3v) is 5.55. The number of phenolic OH excluding ortho intramolecular Hbond substituents is 1. The molecule has 0 aliphatic rings. The Morgan fingerprint density at radius 2 is 1.55 bits per heavy atom. The van der Waals surface area contributed by atoms with Crippen LogP contribution in [0.2, 0.25) is 0 Å². The maximum absolute atomic E-state index is 10.9. The minimum absolute atomic E-state index is 0.155. The summed E-state index contributed by atoms with van der Waals surface area (Å²) < 4.78 is 65.9. The SMILES string of the molecule is COc1cc(C)ccc1S(=O)(=O)O.Nc1ccc2c(O)cc(S(=O)(=O)O)cc2c1. The minimum atomic E-state index is -4.33. The van der Waals surface area contributed by atoms with Gasteiger partial charge in [0, 0.05) is 17.1 Å². The number of fused-ring (bicyclic) bond motifs is 1. The molecule has 0 saturated heterocycles. The predicted octanol–water partition coefficient (Wildman–Crippen LogP) is 2.62. The number of benzene rings is 3. The maximum atomic E-state index is 10.9. The molecule has 0 heterocycles. The molecule has 0 amide bonds. The lowest BCUT2D eigenvalue weighted by Crippen LogP contribution is -2.01. The van der Waals surface area contributed by atoms with Crippen LogP contribution in [-0.4, -0.2) is 38.2 Å². The molecule has 0 radical (unpaired) electrons. The van der Waals surface area contributed by atoms with Crippen molar-refractivity contribution in [2.75, 3.05) is 12.8 Å². The molecule has 5 N–H and O–H groups in total. The number of ether oxygens (including phenoxy) is 1. The van der Waals surface area contributed by atoms with Gasteiger partial charge in [-0.1, -0.05) is 6.07 Å². The highest BCUT2D eigenvalue weighted by molar-refractivity contribution is 7.86. The zero-order chi connectivity index (χ0) is 22.0. The van der Waals surface area contributed by atoms with E-state index in [9.17, 15) is 21.9 Å². The topological polar surface area (TPSA) is 164 Å². The van der Waals surface area contributed by atoms with E-state index in [2.05, 4.69) is 0 Å². The average molecular weight is 441 g/mol. The summed E-state index contributed by atoms with van der Waals surface area (Å²) in [6.07, 6.45) is 0. The van der Waals surface area contributed by atoms with Crippen molar-refractivity contribution in [3.63, 3.8) is 0 Å². The van der Waals surface area contributed by atoms with Crippen LogP contribution in [0.25, 0.3) is 10.8 Å². The molecule has 0 aliphatic heterocycles. The second-order valence-corrected chi connectivity index (χ2v) is 8.84. The Balaban J connectivity index is 0.000000212. The number of rotatable bonds is 3. The third-order valence-electron chi connectivity index (χ3n) is 3.82. The molecular weight excluding hydrogens is 422 g/mol. The van der Waals surface area contributed by atoms with Crippen molar-refractivity contribution in [1.29, 1.82) is 0 Å². The van der Waals surface area contributed by atoms with Crippen LogP contribution in [0.1, 0.15) is 5.56 Å². The lowest BCUT2D eigenvalue weighted by molar-refractivity contribution is 0.397. The van der Waals surface area contributed by atoms with Crippen molar-refractivity contribution in [2.45, 2.75) is 16.7 Å². The molecule has 9 nitrogen and oxygen atoms in total. The highest BCUT2D eigenvalue weighted by Crippen LogP contribution is 2.29. The van der Waals surface area contributed by atoms with Gasteiger partial charge in [0.2, 0.25) is 0 Å². The van der Waals surface area contributed by atoms with Crippen LogP contribution in [-0.2, 0) is 20.2 Å². The molecule has 3 rings (SSSR count). The van der Waals surface area contributed by atoms with E-state index in [4.69, 9.17) is 19.6 Å². The van der Waals surface area contributed by atoms with Gasteiger partial charge in [0.25, 0.3) is 20.2 Å². The molecule has 11 heteroatoms. The predicted molar refractivity (Wildman–Crippen MR) is 107 cm³/mol. The van der Waals surface area contributed by atoms with E-state index in [0.717, 1.165) is 11.6 Å². The van der Waals surface area contributed by atoms with Crippen molar-refractivity contribution < 1.29 is 35.8 Å². The molecular formula is C18H19NO8S2. The fourth-order valence-corrected chi connectivity index (χ4v) is 3.65. The van der Waals surface area contributed by atoms with Gasteiger partial charge >= 0.3 is 0 Å². The number of aromatic hydroxyl groups is 1. The number of phenols is 1. The fourth-order valence-electron chi connectivity index (χ4n) is 2.48. The quantitative estimate of drug-likeness (QED) is 0.353. The molecule has 0 spiro atoms. The summed E-state index contributed by atoms with van der Waals surface area (Å²) in [5.74, 6) is -0.0624. The highest BCUT2D eigenvalue weighted by atomic mass is 32.2. The summed E-state index contributed by atoms with van der Waals surface area (Å²) in [5.41, 5.74) is 6.85. The number of hydrogen-bond donors (Lipinski definition) is 4. The van der Waals surface area contributed by atoms with E-state index in [1.807, 2.05) is 0 Å². The molecule has 3 aromatic rings. The van der Waals surface area contributed by atoms with Crippen LogP contribution in [0.3, 0.4) is 0 Å². The van der Waals surface area contributed by atoms with Gasteiger partial charge in [-0.15, -0.1) is 0 Å². The van der Waals surface area contributed by atoms with Gasteiger partial charge in [-0.3, -0.25) is 9.11 Å². The summed E-state index contributed by atoms with van der Waals surface area (Å²) in [5, 5.41) is 10.5. The van der Waals surface area contributed by atoms with Crippen molar-refractivity contribution in [2.24, 2.45) is 0 Å². The van der Waals surface area contributed by atoms with E-state index < -0.39 is 20.2 Å². The van der Waals surface area contributed by atoms with Crippen LogP contribution in [0.4, 0.5) is 5.69 Å². The molecule has 29 heavy (non-hydrogen) atoms. The Morgan fingerprint density at radius 1 is 0.897 bits per heavy atom. The lowest BCUT2D eigenvalue weighted by Gasteiger charge is -2.05. The fraction of sp³-hybridized carbons (Fsp3) is 0.111. The van der Waals surface area contributed by atoms with E-state index in [-0.39, 0.29) is 21.3 Å². The van der Waals surface area contributed by atoms with E-state index in [1.165, 1.54) is 25.3 Å². The van der Waals surface area contributed by atoms with E-state index in [1.54, 1.807) is 31.2 Å². The van der Waals surface area contributed by atoms with Crippen molar-refractivity contribution in [1.82, 2.24) is 0 Å². The van der Waals surface area contributed by atoms with Crippen LogP contribution in [0, 0.1) is 6.92 Å². The first-order valence-corrected chi connectivity index (χ1v) is 10.8. The van der Waals surface area contributed by atoms with Crippen LogP contribution in [0.5, 0.6) is 11.5 Å². The summed E-state index contributed by atoms with van der Waals surface area (Å²) in [6, 6.07) is 11.4. The summed E-state index contributed by atoms with van der Waals surface area (Å²) in [6.45, 7) is 1.80. The Hall–Kier alpha value is -2.86. The second-order valence-electron chi connectivity index (χ2n) is 6.03. The summed E-state index contributed by atoms with van der Waals surface area (Å²) >= 11 is 0. The van der Waals surface area contributed by atoms with Gasteiger partial charge in [0.1, 0.15) is 16.4 Å². The average Bonchev–Trinajstić information content (AvgIpc) is 2.59. The molecule has 0 bridgehead atoms. The third kappa shape index (κ3) is 5.57. The lowest BCUT2D eigenvalue weighted by atomic mass is 10.1. The van der Waals surface area contributed by atoms with Gasteiger partial charge in [-0.2, -0.15) is 16.8 Å². The van der Waals surface area contributed by atoms with Crippen molar-refractivity contribution >= 4 is 36.7 Å². The van der Waals surface area contributed by atoms with E-state index >= 15 is 0 Å². The number of aryl methyl sites for hydroxylation is 1. The Labute approximate surface area is 167 Å². The zero-order valence-electron chi connectivity index (χ0n) is 15.4. The number of methoxy groups -OCH3 is 1. The Morgan fingerprint density at radius 3 is 2.10 bits per heavy atom. The highest BCUT2D eigenvalue weighted by Gasteiger charge is 2.15. The molecule has 156 valence electrons. The van der Waals surface area contributed by atoms with Crippen LogP contribution in [0.15, 0.2) is 58.3 Å². The molecule has 3 aromatic carbocycles. The molecule has 0 aromatic heterocycles. The second kappa shape index (κ2) is 8.25. The summed E-state index contributed by atoms with van der Waals surface area (Å²) in [7, 11) is -7.17. The zero-order valence-corrected chi connectivity index (χ0v) is 17.0. The number of nitrogens with two attached hydrogens (primary N) is 1. The maximum Gasteiger partial charge on any atom is 0.298 e. The smallest absolute Gasteiger partial charge is 0.298 e. The number of anilines is 1. The monoisotopic (exact) mass is 441 g/mol. The molecule has 0 atom stereocenters. The normalized spacial score (nSPS) is 11.6. The molecule has 0 fully saturated rings. The minimum Gasteiger partial charge on any atom is -0.507 e. The van der Waals surface area contributed by atoms with Crippen LogP contribution < -0.4 is 10.5 Å². The molecule has 0 aliphatic carbocycles. The van der Waals surface area contributed by atoms with Crippen molar-refractivity contribution in [3.8, 4) is 11.5 Å². The first-order valence-electron chi connectivity index (χ1n) is 7.95. The first-order chi connectivity index (χ1) is 13.3. The summed E-state index contributed by atoms with van der Waals surface area (Å²) in [4.78, 5) is -0.566. The number of nitrogen functional groups attached to an aromatic ring is 1. The van der Waals surface area contributed by atoms with Crippen LogP contribution >= 0.6 is 0 Å². The van der Waals surface area contributed by atoms with Gasteiger partial charge in [-0.25, -0.2) is 0 Å².